The number of nitrogens with one attached hydrogen (secondary N) is 1. The second kappa shape index (κ2) is 7.69. The van der Waals surface area contributed by atoms with E-state index in [2.05, 4.69) is 50.4 Å². The number of aromatic nitrogens is 1. The second-order valence-electron chi connectivity index (χ2n) is 5.61. The zero-order valence-electron chi connectivity index (χ0n) is 13.3. The number of rotatable bonds is 7. The molecule has 1 heterocycles. The molecule has 0 saturated carbocycles. The second-order valence-corrected chi connectivity index (χ2v) is 6.78. The summed E-state index contributed by atoms with van der Waals surface area (Å²) in [6.07, 6.45) is 0.894. The molecule has 2 aromatic rings. The van der Waals surface area contributed by atoms with E-state index < -0.39 is 0 Å². The van der Waals surface area contributed by atoms with Crippen molar-refractivity contribution >= 4 is 11.3 Å². The molecule has 1 N–H and O–H groups in total. The summed E-state index contributed by atoms with van der Waals surface area (Å²) >= 11 is 1.79. The third-order valence-corrected chi connectivity index (χ3v) is 4.31. The Hall–Kier alpha value is -1.23. The first kappa shape index (κ1) is 16.1. The van der Waals surface area contributed by atoms with E-state index in [0.717, 1.165) is 23.7 Å². The lowest BCUT2D eigenvalue weighted by molar-refractivity contribution is 0.181. The molecule has 21 heavy (non-hydrogen) atoms. The summed E-state index contributed by atoms with van der Waals surface area (Å²) in [5.74, 6) is 0. The summed E-state index contributed by atoms with van der Waals surface area (Å²) in [5.41, 5.74) is 3.68. The van der Waals surface area contributed by atoms with E-state index in [1.54, 1.807) is 18.4 Å². The number of methoxy groups -OCH3 is 1. The predicted octanol–water partition coefficient (Wildman–Crippen LogP) is 3.69. The van der Waals surface area contributed by atoms with Gasteiger partial charge in [0.2, 0.25) is 0 Å². The van der Waals surface area contributed by atoms with E-state index >= 15 is 0 Å². The Morgan fingerprint density at radius 1 is 1.33 bits per heavy atom. The van der Waals surface area contributed by atoms with Crippen molar-refractivity contribution in [3.8, 4) is 0 Å². The Bertz CT molecular complexity index is 578. The third-order valence-electron chi connectivity index (χ3n) is 3.21. The first-order valence-corrected chi connectivity index (χ1v) is 8.15. The van der Waals surface area contributed by atoms with E-state index in [4.69, 9.17) is 9.72 Å². The molecule has 114 valence electrons. The molecule has 1 aromatic carbocycles. The third kappa shape index (κ3) is 4.92. The average molecular weight is 304 g/mol. The molecule has 0 saturated heterocycles. The van der Waals surface area contributed by atoms with Gasteiger partial charge >= 0.3 is 0 Å². The van der Waals surface area contributed by atoms with Crippen LogP contribution in [0.4, 0.5) is 0 Å². The van der Waals surface area contributed by atoms with Gasteiger partial charge in [0.25, 0.3) is 0 Å². The lowest BCUT2D eigenvalue weighted by Gasteiger charge is -2.07. The van der Waals surface area contributed by atoms with Crippen molar-refractivity contribution in [1.29, 1.82) is 0 Å². The molecule has 0 bridgehead atoms. The Kier molecular flexibility index (Phi) is 5.91. The van der Waals surface area contributed by atoms with Gasteiger partial charge in [0, 0.05) is 31.0 Å². The Labute approximate surface area is 131 Å². The van der Waals surface area contributed by atoms with Crippen molar-refractivity contribution < 1.29 is 4.74 Å². The van der Waals surface area contributed by atoms with Crippen molar-refractivity contribution in [2.75, 3.05) is 7.11 Å². The van der Waals surface area contributed by atoms with Gasteiger partial charge in [-0.1, -0.05) is 43.7 Å². The van der Waals surface area contributed by atoms with Crippen molar-refractivity contribution in [2.45, 2.75) is 46.4 Å². The molecule has 0 aliphatic carbocycles. The highest BCUT2D eigenvalue weighted by atomic mass is 32.1. The molecule has 1 aromatic heterocycles. The minimum atomic E-state index is 0.475. The number of nitrogens with zero attached hydrogens (tertiary/aromatic N) is 1. The van der Waals surface area contributed by atoms with Crippen LogP contribution in [0.25, 0.3) is 0 Å². The van der Waals surface area contributed by atoms with Gasteiger partial charge in [0.1, 0.15) is 0 Å². The minimum absolute atomic E-state index is 0.475. The lowest BCUT2D eigenvalue weighted by Crippen LogP contribution is -2.21. The van der Waals surface area contributed by atoms with Crippen molar-refractivity contribution in [2.24, 2.45) is 0 Å². The molecule has 0 unspecified atom stereocenters. The summed E-state index contributed by atoms with van der Waals surface area (Å²) in [5, 5.41) is 4.62. The van der Waals surface area contributed by atoms with Gasteiger partial charge < -0.3 is 10.1 Å². The van der Waals surface area contributed by atoms with Gasteiger partial charge in [-0.2, -0.15) is 0 Å². The van der Waals surface area contributed by atoms with Gasteiger partial charge in [-0.3, -0.25) is 0 Å². The van der Waals surface area contributed by atoms with E-state index in [0.29, 0.717) is 12.6 Å². The zero-order valence-corrected chi connectivity index (χ0v) is 14.1. The topological polar surface area (TPSA) is 34.1 Å². The van der Waals surface area contributed by atoms with Gasteiger partial charge in [-0.15, -0.1) is 11.3 Å². The fraction of sp³-hybridized carbons (Fsp3) is 0.471. The molecule has 2 rings (SSSR count). The van der Waals surface area contributed by atoms with Crippen LogP contribution in [-0.2, 0) is 24.3 Å². The number of ether oxygens (including phenoxy) is 1. The maximum absolute atomic E-state index is 5.27. The van der Waals surface area contributed by atoms with Gasteiger partial charge in [0.15, 0.2) is 0 Å². The molecule has 3 nitrogen and oxygen atoms in total. The van der Waals surface area contributed by atoms with Crippen LogP contribution in [0.3, 0.4) is 0 Å². The quantitative estimate of drug-likeness (QED) is 0.847. The summed E-state index contributed by atoms with van der Waals surface area (Å²) in [7, 11) is 1.72. The molecule has 4 heteroatoms. The molecular formula is C17H24N2OS. The number of thiazole rings is 1. The van der Waals surface area contributed by atoms with Crippen LogP contribution in [0.1, 0.15) is 40.6 Å². The molecule has 0 fully saturated rings. The molecule has 0 atom stereocenters. The molecular weight excluding hydrogens is 280 g/mol. The zero-order chi connectivity index (χ0) is 15.2. The SMILES string of the molecule is COCc1nc(Cc2cccc(C)c2)sc1CNC(C)C. The normalized spacial score (nSPS) is 11.3. The lowest BCUT2D eigenvalue weighted by atomic mass is 10.1. The Morgan fingerprint density at radius 2 is 2.14 bits per heavy atom. The number of hydrogen-bond acceptors (Lipinski definition) is 4. The number of aryl methyl sites for hydroxylation is 1. The molecule has 0 aliphatic rings. The number of hydrogen-bond donors (Lipinski definition) is 1. The summed E-state index contributed by atoms with van der Waals surface area (Å²) in [4.78, 5) is 6.04. The van der Waals surface area contributed by atoms with Crippen LogP contribution in [0, 0.1) is 6.92 Å². The van der Waals surface area contributed by atoms with Crippen LogP contribution in [-0.4, -0.2) is 18.1 Å². The minimum Gasteiger partial charge on any atom is -0.378 e. The standard InChI is InChI=1S/C17H24N2OS/c1-12(2)18-10-16-15(11-20-4)19-17(21-16)9-14-7-5-6-13(3)8-14/h5-8,12,18H,9-11H2,1-4H3. The monoisotopic (exact) mass is 304 g/mol. The Morgan fingerprint density at radius 3 is 2.81 bits per heavy atom. The van der Waals surface area contributed by atoms with E-state index in [1.165, 1.54) is 16.0 Å². The first-order valence-electron chi connectivity index (χ1n) is 7.33. The van der Waals surface area contributed by atoms with Gasteiger partial charge in [-0.25, -0.2) is 4.98 Å². The van der Waals surface area contributed by atoms with Crippen molar-refractivity contribution in [1.82, 2.24) is 10.3 Å². The van der Waals surface area contributed by atoms with Crippen molar-refractivity contribution in [3.63, 3.8) is 0 Å². The van der Waals surface area contributed by atoms with Crippen LogP contribution in [0.5, 0.6) is 0 Å². The summed E-state index contributed by atoms with van der Waals surface area (Å²) in [6, 6.07) is 9.09. The number of benzene rings is 1. The van der Waals surface area contributed by atoms with Crippen LogP contribution in [0.15, 0.2) is 24.3 Å². The highest BCUT2D eigenvalue weighted by Gasteiger charge is 2.12. The van der Waals surface area contributed by atoms with Gasteiger partial charge in [-0.05, 0) is 12.5 Å². The fourth-order valence-electron chi connectivity index (χ4n) is 2.19. The first-order chi connectivity index (χ1) is 10.1. The molecule has 0 radical (unpaired) electrons. The summed E-state index contributed by atoms with van der Waals surface area (Å²) < 4.78 is 5.27. The van der Waals surface area contributed by atoms with E-state index in [-0.39, 0.29) is 0 Å². The highest BCUT2D eigenvalue weighted by molar-refractivity contribution is 7.11. The fourth-order valence-corrected chi connectivity index (χ4v) is 3.25. The smallest absolute Gasteiger partial charge is 0.0976 e. The van der Waals surface area contributed by atoms with E-state index in [9.17, 15) is 0 Å². The Balaban J connectivity index is 2.14. The van der Waals surface area contributed by atoms with Crippen LogP contribution < -0.4 is 5.32 Å². The average Bonchev–Trinajstić information content (AvgIpc) is 2.79. The molecule has 0 amide bonds. The maximum atomic E-state index is 5.27. The van der Waals surface area contributed by atoms with Crippen LogP contribution >= 0.6 is 11.3 Å². The van der Waals surface area contributed by atoms with E-state index in [1.807, 2.05) is 0 Å². The molecule has 0 aliphatic heterocycles. The van der Waals surface area contributed by atoms with Crippen LogP contribution in [0.2, 0.25) is 0 Å². The molecule has 0 spiro atoms. The predicted molar refractivity (Wildman–Crippen MR) is 88.8 cm³/mol. The summed E-state index contributed by atoms with van der Waals surface area (Å²) in [6.45, 7) is 7.89. The highest BCUT2D eigenvalue weighted by Crippen LogP contribution is 2.22. The largest absolute Gasteiger partial charge is 0.378 e. The van der Waals surface area contributed by atoms with Crippen molar-refractivity contribution in [3.05, 3.63) is 51.0 Å². The van der Waals surface area contributed by atoms with Gasteiger partial charge in [0.05, 0.1) is 17.3 Å². The maximum Gasteiger partial charge on any atom is 0.0976 e.